The van der Waals surface area contributed by atoms with Gasteiger partial charge in [0.1, 0.15) is 0 Å². The Hall–Kier alpha value is -2.59. The van der Waals surface area contributed by atoms with Crippen molar-refractivity contribution in [1.29, 1.82) is 0 Å². The Balaban J connectivity index is 1.79. The monoisotopic (exact) mass is 334 g/mol. The van der Waals surface area contributed by atoms with Gasteiger partial charge in [-0.1, -0.05) is 43.8 Å². The van der Waals surface area contributed by atoms with Gasteiger partial charge in [-0.15, -0.1) is 0 Å². The highest BCUT2D eigenvalue weighted by molar-refractivity contribution is 5.92. The quantitative estimate of drug-likeness (QED) is 0.591. The fourth-order valence-corrected chi connectivity index (χ4v) is 3.37. The zero-order valence-corrected chi connectivity index (χ0v) is 14.8. The summed E-state index contributed by atoms with van der Waals surface area (Å²) in [5, 5.41) is 3.49. The van der Waals surface area contributed by atoms with E-state index in [2.05, 4.69) is 48.1 Å². The molecule has 2 aromatic carbocycles. The van der Waals surface area contributed by atoms with Crippen LogP contribution < -0.4 is 16.8 Å². The minimum Gasteiger partial charge on any atom is -0.399 e. The number of hydrogen-bond acceptors (Lipinski definition) is 4. The largest absolute Gasteiger partial charge is 0.399 e. The first-order valence-electron chi connectivity index (χ1n) is 8.68. The lowest BCUT2D eigenvalue weighted by Crippen LogP contribution is -2.40. The van der Waals surface area contributed by atoms with Crippen molar-refractivity contribution in [2.45, 2.75) is 25.2 Å². The topological polar surface area (TPSA) is 76.4 Å². The molecule has 2 aromatic rings. The molecule has 25 heavy (non-hydrogen) atoms. The number of nitrogens with zero attached hydrogens (tertiary/aromatic N) is 1. The van der Waals surface area contributed by atoms with Crippen LogP contribution in [-0.4, -0.2) is 19.3 Å². The van der Waals surface area contributed by atoms with Crippen LogP contribution in [0.1, 0.15) is 36.5 Å². The maximum absolute atomic E-state index is 6.15. The number of anilines is 1. The molecule has 0 bridgehead atoms. The van der Waals surface area contributed by atoms with Crippen LogP contribution in [0.3, 0.4) is 0 Å². The third-order valence-corrected chi connectivity index (χ3v) is 5.00. The van der Waals surface area contributed by atoms with Gasteiger partial charge in [-0.2, -0.15) is 0 Å². The third kappa shape index (κ3) is 3.74. The summed E-state index contributed by atoms with van der Waals surface area (Å²) in [4.78, 5) is 4.56. The van der Waals surface area contributed by atoms with Gasteiger partial charge in [-0.05, 0) is 37.1 Å². The second kappa shape index (κ2) is 7.11. The summed E-state index contributed by atoms with van der Waals surface area (Å²) in [6.07, 6.45) is 4.22. The predicted molar refractivity (Wildman–Crippen MR) is 107 cm³/mol. The molecule has 130 valence electrons. The molecule has 1 saturated heterocycles. The molecule has 0 aromatic heterocycles. The number of para-hydroxylation sites is 1. The van der Waals surface area contributed by atoms with Gasteiger partial charge < -0.3 is 16.8 Å². The van der Waals surface area contributed by atoms with Crippen molar-refractivity contribution in [2.75, 3.05) is 18.8 Å². The Bertz CT molecular complexity index is 784. The fraction of sp³-hybridized carbons (Fsp3) is 0.286. The molecule has 0 aliphatic carbocycles. The summed E-state index contributed by atoms with van der Waals surface area (Å²) < 4.78 is 0. The van der Waals surface area contributed by atoms with Gasteiger partial charge in [0.15, 0.2) is 0 Å². The Labute approximate surface area is 149 Å². The van der Waals surface area contributed by atoms with E-state index in [1.807, 2.05) is 18.2 Å². The van der Waals surface area contributed by atoms with Crippen LogP contribution in [0, 0.1) is 0 Å². The van der Waals surface area contributed by atoms with E-state index in [0.29, 0.717) is 11.4 Å². The lowest BCUT2D eigenvalue weighted by Gasteiger charge is -2.34. The number of rotatable bonds is 4. The van der Waals surface area contributed by atoms with Crippen molar-refractivity contribution in [3.05, 3.63) is 65.7 Å². The van der Waals surface area contributed by atoms with Crippen molar-refractivity contribution in [3.63, 3.8) is 0 Å². The van der Waals surface area contributed by atoms with Gasteiger partial charge in [0.05, 0.1) is 5.69 Å². The van der Waals surface area contributed by atoms with Crippen LogP contribution in [0.2, 0.25) is 0 Å². The molecule has 3 rings (SSSR count). The number of nitrogen functional groups attached to an aromatic ring is 1. The van der Waals surface area contributed by atoms with Crippen LogP contribution in [0.4, 0.5) is 11.4 Å². The first-order valence-corrected chi connectivity index (χ1v) is 8.68. The predicted octanol–water partition coefficient (Wildman–Crippen LogP) is 3.59. The maximum Gasteiger partial charge on any atom is 0.0630 e. The smallest absolute Gasteiger partial charge is 0.0630 e. The first kappa shape index (κ1) is 17.2. The Morgan fingerprint density at radius 3 is 2.64 bits per heavy atom. The Morgan fingerprint density at radius 2 is 2.00 bits per heavy atom. The highest BCUT2D eigenvalue weighted by Crippen LogP contribution is 2.31. The van der Waals surface area contributed by atoms with Crippen molar-refractivity contribution in [2.24, 2.45) is 10.7 Å². The Kier molecular flexibility index (Phi) is 4.91. The summed E-state index contributed by atoms with van der Waals surface area (Å²) >= 11 is 0. The minimum absolute atomic E-state index is 0.209. The van der Waals surface area contributed by atoms with E-state index in [4.69, 9.17) is 11.5 Å². The number of hydrogen-bond donors (Lipinski definition) is 3. The number of benzene rings is 2. The highest BCUT2D eigenvalue weighted by Gasteiger charge is 2.28. The summed E-state index contributed by atoms with van der Waals surface area (Å²) in [6, 6.07) is 14.2. The van der Waals surface area contributed by atoms with Crippen LogP contribution in [0.5, 0.6) is 0 Å². The molecular weight excluding hydrogens is 308 g/mol. The fourth-order valence-electron chi connectivity index (χ4n) is 3.37. The second-order valence-corrected chi connectivity index (χ2v) is 6.98. The molecule has 1 aliphatic heterocycles. The molecule has 0 spiro atoms. The van der Waals surface area contributed by atoms with E-state index in [1.54, 1.807) is 6.21 Å². The van der Waals surface area contributed by atoms with Crippen LogP contribution in [0.25, 0.3) is 5.70 Å². The normalized spacial score (nSPS) is 20.7. The van der Waals surface area contributed by atoms with Crippen molar-refractivity contribution < 1.29 is 0 Å². The molecule has 1 aliphatic rings. The van der Waals surface area contributed by atoms with Gasteiger partial charge in [-0.3, -0.25) is 4.99 Å². The van der Waals surface area contributed by atoms with Crippen LogP contribution in [-0.2, 0) is 5.41 Å². The summed E-state index contributed by atoms with van der Waals surface area (Å²) in [5.74, 6) is 0. The van der Waals surface area contributed by atoms with Gasteiger partial charge in [0.2, 0.25) is 0 Å². The van der Waals surface area contributed by atoms with Crippen molar-refractivity contribution in [1.82, 2.24) is 5.32 Å². The van der Waals surface area contributed by atoms with Crippen LogP contribution in [0.15, 0.2) is 54.0 Å². The van der Waals surface area contributed by atoms with E-state index in [1.165, 1.54) is 18.4 Å². The molecule has 1 fully saturated rings. The highest BCUT2D eigenvalue weighted by atomic mass is 14.9. The van der Waals surface area contributed by atoms with E-state index >= 15 is 0 Å². The van der Waals surface area contributed by atoms with E-state index in [-0.39, 0.29) is 5.41 Å². The van der Waals surface area contributed by atoms with E-state index in [0.717, 1.165) is 29.9 Å². The number of aliphatic imine (C=N–C) groups is 1. The molecule has 0 unspecified atom stereocenters. The maximum atomic E-state index is 6.15. The van der Waals surface area contributed by atoms with Crippen molar-refractivity contribution in [3.8, 4) is 0 Å². The number of nitrogens with one attached hydrogen (secondary N) is 1. The number of nitrogens with two attached hydrogens (primary N) is 2. The molecular formula is C21H26N4. The lowest BCUT2D eigenvalue weighted by atomic mass is 9.76. The molecule has 5 N–H and O–H groups in total. The summed E-state index contributed by atoms with van der Waals surface area (Å²) in [6.45, 7) is 8.23. The van der Waals surface area contributed by atoms with Crippen LogP contribution >= 0.6 is 0 Å². The molecule has 4 nitrogen and oxygen atoms in total. The lowest BCUT2D eigenvalue weighted by molar-refractivity contribution is 0.339. The van der Waals surface area contributed by atoms with Gasteiger partial charge >= 0.3 is 0 Å². The SMILES string of the molecule is C=C(N)c1cccc(C=Nc2ccc([C@]3(C)CCCNC3)cc2)c1N. The van der Waals surface area contributed by atoms with Gasteiger partial charge in [0.25, 0.3) is 0 Å². The average molecular weight is 334 g/mol. The first-order chi connectivity index (χ1) is 12.0. The standard InChI is InChI=1S/C21H26N4/c1-15(22)19-6-3-5-16(20(19)23)13-25-18-9-7-17(8-10-18)21(2)11-4-12-24-14-21/h3,5-10,13,24H,1,4,11-12,14,22-23H2,2H3/t21-/m1/s1. The zero-order chi connectivity index (χ0) is 17.9. The zero-order valence-electron chi connectivity index (χ0n) is 14.8. The minimum atomic E-state index is 0.209. The third-order valence-electron chi connectivity index (χ3n) is 5.00. The Morgan fingerprint density at radius 1 is 1.24 bits per heavy atom. The second-order valence-electron chi connectivity index (χ2n) is 6.98. The molecule has 4 heteroatoms. The van der Waals surface area contributed by atoms with Crippen molar-refractivity contribution >= 4 is 23.3 Å². The molecule has 0 amide bonds. The van der Waals surface area contributed by atoms with Gasteiger partial charge in [-0.25, -0.2) is 0 Å². The average Bonchev–Trinajstić information content (AvgIpc) is 2.61. The van der Waals surface area contributed by atoms with E-state index in [9.17, 15) is 0 Å². The molecule has 1 heterocycles. The summed E-state index contributed by atoms with van der Waals surface area (Å²) in [5.41, 5.74) is 17.1. The van der Waals surface area contributed by atoms with Gasteiger partial charge in [0, 0.05) is 40.7 Å². The van der Waals surface area contributed by atoms with E-state index < -0.39 is 0 Å². The molecule has 0 saturated carbocycles. The number of piperidine rings is 1. The molecule has 0 radical (unpaired) electrons. The summed E-state index contributed by atoms with van der Waals surface area (Å²) in [7, 11) is 0. The molecule has 1 atom stereocenters.